The van der Waals surface area contributed by atoms with Gasteiger partial charge < -0.3 is 5.32 Å². The summed E-state index contributed by atoms with van der Waals surface area (Å²) in [5.74, 6) is 2.29. The van der Waals surface area contributed by atoms with Crippen molar-refractivity contribution in [3.05, 3.63) is 39.0 Å². The molecule has 1 heterocycles. The lowest BCUT2D eigenvalue weighted by Gasteiger charge is -2.14. The van der Waals surface area contributed by atoms with Gasteiger partial charge in [-0.25, -0.2) is 9.97 Å². The molecule has 2 aromatic rings. The fraction of sp³-hybridized carbons (Fsp3) is 0.412. The topological polar surface area (TPSA) is 37.8 Å². The molecule has 0 unspecified atom stereocenters. The molecule has 0 radical (unpaired) electrons. The van der Waals surface area contributed by atoms with Crippen LogP contribution in [0.5, 0.6) is 0 Å². The number of nitrogens with zero attached hydrogens (tertiary/aromatic N) is 2. The lowest BCUT2D eigenvalue weighted by Crippen LogP contribution is -2.04. The van der Waals surface area contributed by atoms with E-state index in [0.717, 1.165) is 27.4 Å². The fourth-order valence-corrected chi connectivity index (χ4v) is 3.60. The summed E-state index contributed by atoms with van der Waals surface area (Å²) in [7, 11) is 1.91. The molecule has 0 amide bonds. The average molecular weight is 346 g/mol. The highest BCUT2D eigenvalue weighted by Crippen LogP contribution is 2.44. The van der Waals surface area contributed by atoms with Crippen molar-refractivity contribution in [1.82, 2.24) is 9.97 Å². The number of hydrogen-bond acceptors (Lipinski definition) is 3. The van der Waals surface area contributed by atoms with Crippen LogP contribution in [-0.4, -0.2) is 17.0 Å². The minimum Gasteiger partial charge on any atom is -0.372 e. The van der Waals surface area contributed by atoms with Crippen molar-refractivity contribution in [3.8, 4) is 11.4 Å². The second kappa shape index (κ2) is 5.41. The van der Waals surface area contributed by atoms with Crippen molar-refractivity contribution in [2.24, 2.45) is 0 Å². The van der Waals surface area contributed by atoms with Crippen molar-refractivity contribution < 1.29 is 0 Å². The molecule has 1 aliphatic rings. The average Bonchev–Trinajstić information content (AvgIpc) is 3.23. The normalized spacial score (nSPS) is 14.3. The van der Waals surface area contributed by atoms with Crippen LogP contribution < -0.4 is 5.32 Å². The van der Waals surface area contributed by atoms with Crippen LogP contribution in [0.1, 0.15) is 41.1 Å². The van der Waals surface area contributed by atoms with Crippen LogP contribution in [0.4, 0.5) is 5.82 Å². The van der Waals surface area contributed by atoms with Crippen LogP contribution in [0, 0.1) is 20.8 Å². The summed E-state index contributed by atoms with van der Waals surface area (Å²) in [6.07, 6.45) is 2.45. The summed E-state index contributed by atoms with van der Waals surface area (Å²) >= 11 is 3.65. The molecule has 1 aromatic heterocycles. The summed E-state index contributed by atoms with van der Waals surface area (Å²) < 4.78 is 1.01. The van der Waals surface area contributed by atoms with Crippen LogP contribution in [0.15, 0.2) is 16.6 Å². The third kappa shape index (κ3) is 2.69. The number of aryl methyl sites for hydroxylation is 3. The van der Waals surface area contributed by atoms with Gasteiger partial charge in [0.1, 0.15) is 5.82 Å². The maximum atomic E-state index is 4.87. The number of halogens is 1. The van der Waals surface area contributed by atoms with Gasteiger partial charge in [-0.15, -0.1) is 0 Å². The zero-order valence-electron chi connectivity index (χ0n) is 12.9. The zero-order chi connectivity index (χ0) is 15.1. The van der Waals surface area contributed by atoms with Gasteiger partial charge in [0.25, 0.3) is 0 Å². The van der Waals surface area contributed by atoms with Crippen LogP contribution in [0.25, 0.3) is 11.4 Å². The Morgan fingerprint density at radius 2 is 1.71 bits per heavy atom. The summed E-state index contributed by atoms with van der Waals surface area (Å²) in [5, 5.41) is 3.18. The minimum absolute atomic E-state index is 0.583. The highest BCUT2D eigenvalue weighted by Gasteiger charge is 2.29. The van der Waals surface area contributed by atoms with E-state index in [0.29, 0.717) is 5.92 Å². The number of aromatic nitrogens is 2. The van der Waals surface area contributed by atoms with Crippen molar-refractivity contribution in [2.45, 2.75) is 39.5 Å². The maximum absolute atomic E-state index is 4.87. The first kappa shape index (κ1) is 14.5. The van der Waals surface area contributed by atoms with Crippen molar-refractivity contribution >= 4 is 21.7 Å². The summed E-state index contributed by atoms with van der Waals surface area (Å²) in [6.45, 7) is 6.40. The molecule has 1 fully saturated rings. The van der Waals surface area contributed by atoms with Crippen LogP contribution in [0.2, 0.25) is 0 Å². The highest BCUT2D eigenvalue weighted by molar-refractivity contribution is 9.10. The van der Waals surface area contributed by atoms with E-state index < -0.39 is 0 Å². The lowest BCUT2D eigenvalue weighted by atomic mass is 9.99. The molecule has 21 heavy (non-hydrogen) atoms. The van der Waals surface area contributed by atoms with E-state index in [9.17, 15) is 0 Å². The van der Waals surface area contributed by atoms with Gasteiger partial charge >= 0.3 is 0 Å². The highest BCUT2D eigenvalue weighted by atomic mass is 79.9. The Morgan fingerprint density at radius 1 is 1.10 bits per heavy atom. The molecule has 1 saturated carbocycles. The van der Waals surface area contributed by atoms with Crippen molar-refractivity contribution in [2.75, 3.05) is 12.4 Å². The van der Waals surface area contributed by atoms with Crippen LogP contribution >= 0.6 is 15.9 Å². The van der Waals surface area contributed by atoms with E-state index in [4.69, 9.17) is 9.97 Å². The molecule has 0 spiro atoms. The Hall–Kier alpha value is -1.42. The van der Waals surface area contributed by atoms with Gasteiger partial charge in [-0.05, 0) is 60.7 Å². The summed E-state index contributed by atoms with van der Waals surface area (Å²) in [5.41, 5.74) is 6.05. The van der Waals surface area contributed by atoms with Gasteiger partial charge in [-0.2, -0.15) is 0 Å². The van der Waals surface area contributed by atoms with Crippen molar-refractivity contribution in [1.29, 1.82) is 0 Å². The molecule has 0 bridgehead atoms. The van der Waals surface area contributed by atoms with Crippen molar-refractivity contribution in [3.63, 3.8) is 0 Å². The molecule has 110 valence electrons. The predicted molar refractivity (Wildman–Crippen MR) is 90.9 cm³/mol. The van der Waals surface area contributed by atoms with Crippen LogP contribution in [0.3, 0.4) is 0 Å². The molecule has 3 nitrogen and oxygen atoms in total. The largest absolute Gasteiger partial charge is 0.372 e. The van der Waals surface area contributed by atoms with Gasteiger partial charge in [-0.1, -0.05) is 17.7 Å². The second-order valence-corrected chi connectivity index (χ2v) is 6.69. The Balaban J connectivity index is 2.21. The molecular formula is C17H20BrN3. The number of rotatable bonds is 3. The molecule has 1 aromatic carbocycles. The molecule has 0 saturated heterocycles. The third-order valence-electron chi connectivity index (χ3n) is 3.98. The van der Waals surface area contributed by atoms with E-state index in [2.05, 4.69) is 54.2 Å². The molecule has 3 rings (SSSR count). The molecular weight excluding hydrogens is 326 g/mol. The zero-order valence-corrected chi connectivity index (χ0v) is 14.5. The monoisotopic (exact) mass is 345 g/mol. The Kier molecular flexibility index (Phi) is 3.74. The van der Waals surface area contributed by atoms with E-state index in [1.165, 1.54) is 29.5 Å². The predicted octanol–water partition coefficient (Wildman–Crippen LogP) is 4.75. The Bertz CT molecular complexity index is 682. The van der Waals surface area contributed by atoms with Gasteiger partial charge in [0.2, 0.25) is 0 Å². The number of hydrogen-bond donors (Lipinski definition) is 1. The Labute approximate surface area is 134 Å². The Morgan fingerprint density at radius 3 is 2.24 bits per heavy atom. The molecule has 1 N–H and O–H groups in total. The third-order valence-corrected chi connectivity index (χ3v) is 4.76. The van der Waals surface area contributed by atoms with E-state index in [1.54, 1.807) is 0 Å². The molecule has 1 aliphatic carbocycles. The summed E-state index contributed by atoms with van der Waals surface area (Å²) in [4.78, 5) is 9.58. The van der Waals surface area contributed by atoms with E-state index in [1.807, 2.05) is 7.05 Å². The number of anilines is 1. The fourth-order valence-electron chi connectivity index (χ4n) is 2.90. The van der Waals surface area contributed by atoms with Crippen LogP contribution in [-0.2, 0) is 0 Å². The SMILES string of the molecule is CNc1nc(-c2c(C)cc(C)cc2C)nc(C2CC2)c1Br. The molecule has 4 heteroatoms. The molecule has 0 atom stereocenters. The minimum atomic E-state index is 0.583. The van der Waals surface area contributed by atoms with Gasteiger partial charge in [0, 0.05) is 18.5 Å². The van der Waals surface area contributed by atoms with E-state index in [-0.39, 0.29) is 0 Å². The first-order valence-corrected chi connectivity index (χ1v) is 8.14. The lowest BCUT2D eigenvalue weighted by molar-refractivity contribution is 0.977. The quantitative estimate of drug-likeness (QED) is 0.871. The smallest absolute Gasteiger partial charge is 0.162 e. The van der Waals surface area contributed by atoms with E-state index >= 15 is 0 Å². The van der Waals surface area contributed by atoms with Gasteiger partial charge in [0.05, 0.1) is 10.2 Å². The first-order chi connectivity index (χ1) is 10.0. The number of benzene rings is 1. The van der Waals surface area contributed by atoms with Gasteiger partial charge in [-0.3, -0.25) is 0 Å². The maximum Gasteiger partial charge on any atom is 0.162 e. The first-order valence-electron chi connectivity index (χ1n) is 7.34. The second-order valence-electron chi connectivity index (χ2n) is 5.89. The summed E-state index contributed by atoms with van der Waals surface area (Å²) in [6, 6.07) is 4.40. The van der Waals surface area contributed by atoms with Gasteiger partial charge in [0.15, 0.2) is 5.82 Å². The molecule has 0 aliphatic heterocycles. The standard InChI is InChI=1S/C17H20BrN3/c1-9-7-10(2)13(11(3)8-9)16-20-15(12-5-6-12)14(18)17(19-4)21-16/h7-8,12H,5-6H2,1-4H3,(H,19,20,21). The number of nitrogens with one attached hydrogen (secondary N) is 1.